The monoisotopic (exact) mass is 191 g/mol. The molecule has 0 aliphatic carbocycles. The molecule has 0 saturated heterocycles. The Kier molecular flexibility index (Phi) is 4.15. The van der Waals surface area contributed by atoms with Crippen molar-refractivity contribution in [2.24, 2.45) is 5.73 Å². The normalized spacial score (nSPS) is 12.1. The smallest absolute Gasteiger partial charge is 0.123 e. The van der Waals surface area contributed by atoms with Gasteiger partial charge in [-0.3, -0.25) is 0 Å². The fourth-order valence-corrected chi connectivity index (χ4v) is 1.34. The summed E-state index contributed by atoms with van der Waals surface area (Å²) in [7, 11) is 0. The van der Waals surface area contributed by atoms with Crippen LogP contribution in [0.4, 0.5) is 4.39 Å². The van der Waals surface area contributed by atoms with Gasteiger partial charge in [-0.05, 0) is 30.5 Å². The van der Waals surface area contributed by atoms with Crippen LogP contribution in [0.3, 0.4) is 0 Å². The van der Waals surface area contributed by atoms with Crippen LogP contribution < -0.4 is 5.73 Å². The van der Waals surface area contributed by atoms with Crippen molar-refractivity contribution in [2.75, 3.05) is 0 Å². The molecule has 14 heavy (non-hydrogen) atoms. The maximum Gasteiger partial charge on any atom is 0.123 e. The molecule has 0 amide bonds. The van der Waals surface area contributed by atoms with Gasteiger partial charge in [0.2, 0.25) is 0 Å². The standard InChI is InChI=1S/C12H14FN/c1-2-3-7-12(14)9-10-5-4-6-11(13)8-10/h1,4-6,8,12H,3,7,9,14H2. The van der Waals surface area contributed by atoms with Gasteiger partial charge in [0.05, 0.1) is 0 Å². The molecule has 0 aliphatic rings. The number of hydrogen-bond donors (Lipinski definition) is 1. The summed E-state index contributed by atoms with van der Waals surface area (Å²) in [6.45, 7) is 0. The summed E-state index contributed by atoms with van der Waals surface area (Å²) in [5.74, 6) is 2.33. The van der Waals surface area contributed by atoms with Crippen LogP contribution in [0, 0.1) is 18.2 Å². The third-order valence-corrected chi connectivity index (χ3v) is 2.05. The van der Waals surface area contributed by atoms with Gasteiger partial charge in [-0.1, -0.05) is 12.1 Å². The molecule has 0 heterocycles. The van der Waals surface area contributed by atoms with Gasteiger partial charge in [-0.2, -0.15) is 0 Å². The zero-order valence-electron chi connectivity index (χ0n) is 8.04. The van der Waals surface area contributed by atoms with Gasteiger partial charge in [-0.15, -0.1) is 12.3 Å². The molecule has 1 aromatic carbocycles. The molecule has 2 heteroatoms. The van der Waals surface area contributed by atoms with Crippen LogP contribution in [0.25, 0.3) is 0 Å². The number of nitrogens with two attached hydrogens (primary N) is 1. The molecule has 74 valence electrons. The van der Waals surface area contributed by atoms with E-state index in [4.69, 9.17) is 12.2 Å². The van der Waals surface area contributed by atoms with E-state index >= 15 is 0 Å². The van der Waals surface area contributed by atoms with Crippen molar-refractivity contribution in [3.05, 3.63) is 35.6 Å². The largest absolute Gasteiger partial charge is 0.327 e. The Balaban J connectivity index is 2.48. The second-order valence-corrected chi connectivity index (χ2v) is 3.34. The van der Waals surface area contributed by atoms with Gasteiger partial charge >= 0.3 is 0 Å². The fraction of sp³-hybridized carbons (Fsp3) is 0.333. The molecule has 0 bridgehead atoms. The Morgan fingerprint density at radius 1 is 1.50 bits per heavy atom. The van der Waals surface area contributed by atoms with E-state index in [9.17, 15) is 4.39 Å². The van der Waals surface area contributed by atoms with Crippen LogP contribution >= 0.6 is 0 Å². The van der Waals surface area contributed by atoms with Crippen molar-refractivity contribution in [3.8, 4) is 12.3 Å². The van der Waals surface area contributed by atoms with Gasteiger partial charge < -0.3 is 5.73 Å². The fourth-order valence-electron chi connectivity index (χ4n) is 1.34. The Bertz CT molecular complexity index is 327. The van der Waals surface area contributed by atoms with E-state index in [0.29, 0.717) is 12.8 Å². The average Bonchev–Trinajstić information content (AvgIpc) is 2.15. The molecule has 0 aliphatic heterocycles. The summed E-state index contributed by atoms with van der Waals surface area (Å²) < 4.78 is 12.8. The van der Waals surface area contributed by atoms with Crippen molar-refractivity contribution in [2.45, 2.75) is 25.3 Å². The van der Waals surface area contributed by atoms with E-state index in [1.807, 2.05) is 6.07 Å². The number of halogens is 1. The third-order valence-electron chi connectivity index (χ3n) is 2.05. The zero-order chi connectivity index (χ0) is 10.4. The number of benzene rings is 1. The van der Waals surface area contributed by atoms with E-state index in [1.54, 1.807) is 6.07 Å². The summed E-state index contributed by atoms with van der Waals surface area (Å²) >= 11 is 0. The predicted molar refractivity (Wildman–Crippen MR) is 56.1 cm³/mol. The summed E-state index contributed by atoms with van der Waals surface area (Å²) in [6, 6.07) is 6.52. The van der Waals surface area contributed by atoms with Gasteiger partial charge in [0, 0.05) is 12.5 Å². The van der Waals surface area contributed by atoms with E-state index in [2.05, 4.69) is 5.92 Å². The van der Waals surface area contributed by atoms with Crippen LogP contribution in [-0.2, 0) is 6.42 Å². The quantitative estimate of drug-likeness (QED) is 0.725. The first-order chi connectivity index (χ1) is 6.72. The molecular weight excluding hydrogens is 177 g/mol. The summed E-state index contributed by atoms with van der Waals surface area (Å²) in [5, 5.41) is 0. The lowest BCUT2D eigenvalue weighted by Crippen LogP contribution is -2.22. The zero-order valence-corrected chi connectivity index (χ0v) is 8.04. The molecule has 0 spiro atoms. The maximum atomic E-state index is 12.8. The molecule has 2 N–H and O–H groups in total. The molecule has 1 unspecified atom stereocenters. The van der Waals surface area contributed by atoms with Crippen LogP contribution in [0.5, 0.6) is 0 Å². The minimum absolute atomic E-state index is 0.0212. The second kappa shape index (κ2) is 5.41. The molecule has 1 nitrogen and oxygen atoms in total. The van der Waals surface area contributed by atoms with E-state index < -0.39 is 0 Å². The highest BCUT2D eigenvalue weighted by Gasteiger charge is 2.03. The first kappa shape index (κ1) is 10.7. The molecule has 0 fully saturated rings. The lowest BCUT2D eigenvalue weighted by Gasteiger charge is -2.09. The van der Waals surface area contributed by atoms with Gasteiger partial charge in [-0.25, -0.2) is 4.39 Å². The first-order valence-electron chi connectivity index (χ1n) is 4.66. The molecule has 0 aromatic heterocycles. The summed E-state index contributed by atoms with van der Waals surface area (Å²) in [6.07, 6.45) is 7.27. The summed E-state index contributed by atoms with van der Waals surface area (Å²) in [4.78, 5) is 0. The number of rotatable bonds is 4. The van der Waals surface area contributed by atoms with Crippen molar-refractivity contribution >= 4 is 0 Å². The Hall–Kier alpha value is -1.33. The van der Waals surface area contributed by atoms with Crippen molar-refractivity contribution in [1.82, 2.24) is 0 Å². The van der Waals surface area contributed by atoms with Gasteiger partial charge in [0.25, 0.3) is 0 Å². The third kappa shape index (κ3) is 3.59. The summed E-state index contributed by atoms with van der Waals surface area (Å²) in [5.41, 5.74) is 6.75. The van der Waals surface area contributed by atoms with Crippen LogP contribution in [0.1, 0.15) is 18.4 Å². The lowest BCUT2D eigenvalue weighted by atomic mass is 10.0. The van der Waals surface area contributed by atoms with E-state index in [-0.39, 0.29) is 11.9 Å². The number of hydrogen-bond acceptors (Lipinski definition) is 1. The lowest BCUT2D eigenvalue weighted by molar-refractivity contribution is 0.606. The predicted octanol–water partition coefficient (Wildman–Crippen LogP) is 2.11. The average molecular weight is 191 g/mol. The minimum atomic E-state index is -0.216. The highest BCUT2D eigenvalue weighted by Crippen LogP contribution is 2.07. The molecular formula is C12H14FN. The number of terminal acetylenes is 1. The minimum Gasteiger partial charge on any atom is -0.327 e. The molecule has 1 atom stereocenters. The molecule has 1 rings (SSSR count). The van der Waals surface area contributed by atoms with Gasteiger partial charge in [0.15, 0.2) is 0 Å². The SMILES string of the molecule is C#CCCC(N)Cc1cccc(F)c1. The Labute approximate surface area is 84.1 Å². The van der Waals surface area contributed by atoms with Crippen molar-refractivity contribution < 1.29 is 4.39 Å². The maximum absolute atomic E-state index is 12.8. The highest BCUT2D eigenvalue weighted by molar-refractivity contribution is 5.17. The van der Waals surface area contributed by atoms with Crippen LogP contribution in [0.15, 0.2) is 24.3 Å². The van der Waals surface area contributed by atoms with Crippen molar-refractivity contribution in [1.29, 1.82) is 0 Å². The molecule has 0 radical (unpaired) electrons. The van der Waals surface area contributed by atoms with Crippen LogP contribution in [-0.4, -0.2) is 6.04 Å². The highest BCUT2D eigenvalue weighted by atomic mass is 19.1. The van der Waals surface area contributed by atoms with E-state index in [1.165, 1.54) is 12.1 Å². The van der Waals surface area contributed by atoms with Gasteiger partial charge in [0.1, 0.15) is 5.82 Å². The molecule has 1 aromatic rings. The van der Waals surface area contributed by atoms with E-state index in [0.717, 1.165) is 12.0 Å². The van der Waals surface area contributed by atoms with Crippen LogP contribution in [0.2, 0.25) is 0 Å². The first-order valence-corrected chi connectivity index (χ1v) is 4.66. The second-order valence-electron chi connectivity index (χ2n) is 3.34. The van der Waals surface area contributed by atoms with Crippen molar-refractivity contribution in [3.63, 3.8) is 0 Å². The Morgan fingerprint density at radius 3 is 2.93 bits per heavy atom. The topological polar surface area (TPSA) is 26.0 Å². The molecule has 0 saturated carbocycles. The Morgan fingerprint density at radius 2 is 2.29 bits per heavy atom.